The number of hydrogen-bond acceptors (Lipinski definition) is 3. The van der Waals surface area contributed by atoms with Crippen LogP contribution in [-0.4, -0.2) is 16.1 Å². The lowest BCUT2D eigenvalue weighted by Crippen LogP contribution is -2.14. The first-order valence-electron chi connectivity index (χ1n) is 7.74. The van der Waals surface area contributed by atoms with Crippen molar-refractivity contribution in [2.45, 2.75) is 24.5 Å². The zero-order valence-electron chi connectivity index (χ0n) is 13.7. The highest BCUT2D eigenvalue weighted by Crippen LogP contribution is 2.27. The largest absolute Gasteiger partial charge is 0.319 e. The van der Waals surface area contributed by atoms with Crippen LogP contribution in [0.3, 0.4) is 0 Å². The van der Waals surface area contributed by atoms with Crippen molar-refractivity contribution in [3.63, 3.8) is 0 Å². The molecule has 1 aromatic heterocycles. The molecule has 2 N–H and O–H groups in total. The van der Waals surface area contributed by atoms with Crippen molar-refractivity contribution >= 4 is 23.4 Å². The predicted octanol–water partition coefficient (Wildman–Crippen LogP) is 4.57. The molecule has 0 radical (unpaired) electrons. The normalized spacial score (nSPS) is 10.6. The Morgan fingerprint density at radius 1 is 1.08 bits per heavy atom. The molecule has 0 aliphatic rings. The van der Waals surface area contributed by atoms with E-state index in [2.05, 4.69) is 27.6 Å². The van der Waals surface area contributed by atoms with E-state index in [4.69, 9.17) is 0 Å². The number of thioether (sulfide) groups is 1. The predicted molar refractivity (Wildman–Crippen MR) is 98.5 cm³/mol. The molecule has 0 unspecified atom stereocenters. The van der Waals surface area contributed by atoms with Gasteiger partial charge in [0.1, 0.15) is 0 Å². The molecule has 24 heavy (non-hydrogen) atoms. The van der Waals surface area contributed by atoms with E-state index in [1.54, 1.807) is 11.8 Å². The summed E-state index contributed by atoms with van der Waals surface area (Å²) in [5.41, 5.74) is 4.31. The van der Waals surface area contributed by atoms with Crippen LogP contribution in [0, 0.1) is 13.8 Å². The molecule has 0 fully saturated rings. The highest BCUT2D eigenvalue weighted by atomic mass is 32.2. The number of anilines is 1. The average Bonchev–Trinajstić information content (AvgIpc) is 2.93. The van der Waals surface area contributed by atoms with Gasteiger partial charge in [0.15, 0.2) is 0 Å². The van der Waals surface area contributed by atoms with Gasteiger partial charge >= 0.3 is 0 Å². The number of aromatic nitrogens is 2. The summed E-state index contributed by atoms with van der Waals surface area (Å²) in [7, 11) is 0. The quantitative estimate of drug-likeness (QED) is 0.671. The summed E-state index contributed by atoms with van der Waals surface area (Å²) in [6, 6.07) is 17.9. The van der Waals surface area contributed by atoms with E-state index in [9.17, 15) is 4.79 Å². The molecule has 1 amide bonds. The maximum atomic E-state index is 12.7. The minimum Gasteiger partial charge on any atom is -0.319 e. The Balaban J connectivity index is 1.77. The van der Waals surface area contributed by atoms with Gasteiger partial charge in [0.25, 0.3) is 5.91 Å². The Morgan fingerprint density at radius 2 is 1.79 bits per heavy atom. The Kier molecular flexibility index (Phi) is 5.01. The zero-order valence-corrected chi connectivity index (χ0v) is 14.5. The molecule has 5 heteroatoms. The second-order valence-corrected chi connectivity index (χ2v) is 6.55. The fraction of sp³-hybridized carbons (Fsp3) is 0.158. The second-order valence-electron chi connectivity index (χ2n) is 5.53. The van der Waals surface area contributed by atoms with Gasteiger partial charge < -0.3 is 5.32 Å². The van der Waals surface area contributed by atoms with E-state index in [1.807, 2.05) is 56.3 Å². The van der Waals surface area contributed by atoms with Crippen molar-refractivity contribution in [3.05, 3.63) is 77.1 Å². The maximum Gasteiger partial charge on any atom is 0.256 e. The van der Waals surface area contributed by atoms with E-state index in [0.29, 0.717) is 5.56 Å². The third-order valence-electron chi connectivity index (χ3n) is 3.74. The summed E-state index contributed by atoms with van der Waals surface area (Å²) < 4.78 is 0. The van der Waals surface area contributed by atoms with E-state index >= 15 is 0 Å². The third-order valence-corrected chi connectivity index (χ3v) is 4.88. The van der Waals surface area contributed by atoms with Crippen molar-refractivity contribution in [1.82, 2.24) is 10.2 Å². The number of carbonyl (C=O) groups excluding carboxylic acids is 1. The second kappa shape index (κ2) is 7.36. The first-order valence-corrected chi connectivity index (χ1v) is 8.72. The topological polar surface area (TPSA) is 57.8 Å². The van der Waals surface area contributed by atoms with Gasteiger partial charge in [-0.25, -0.2) is 0 Å². The van der Waals surface area contributed by atoms with Crippen molar-refractivity contribution < 1.29 is 4.79 Å². The standard InChI is InChI=1S/C19H19N3OS/c1-13-18(14(2)22-21-13)20-19(23)16-10-6-7-11-17(16)24-12-15-8-4-3-5-9-15/h3-11H,12H2,1-2H3,(H,20,23)(H,21,22). The van der Waals surface area contributed by atoms with Crippen molar-refractivity contribution in [3.8, 4) is 0 Å². The summed E-state index contributed by atoms with van der Waals surface area (Å²) in [5.74, 6) is 0.716. The number of rotatable bonds is 5. The lowest BCUT2D eigenvalue weighted by Gasteiger charge is -2.10. The lowest BCUT2D eigenvalue weighted by molar-refractivity contribution is 0.102. The van der Waals surface area contributed by atoms with Crippen LogP contribution in [0.4, 0.5) is 5.69 Å². The molecule has 2 aromatic carbocycles. The third kappa shape index (κ3) is 3.68. The Bertz CT molecular complexity index is 823. The molecule has 3 aromatic rings. The number of amides is 1. The van der Waals surface area contributed by atoms with Crippen LogP contribution in [0.5, 0.6) is 0 Å². The molecule has 4 nitrogen and oxygen atoms in total. The van der Waals surface area contributed by atoms with Crippen molar-refractivity contribution in [2.75, 3.05) is 5.32 Å². The molecular formula is C19H19N3OS. The average molecular weight is 337 g/mol. The van der Waals surface area contributed by atoms with Crippen LogP contribution < -0.4 is 5.32 Å². The van der Waals surface area contributed by atoms with Gasteiger partial charge in [-0.3, -0.25) is 9.89 Å². The van der Waals surface area contributed by atoms with Gasteiger partial charge in [-0.05, 0) is 31.5 Å². The zero-order chi connectivity index (χ0) is 16.9. The highest BCUT2D eigenvalue weighted by Gasteiger charge is 2.15. The molecule has 0 bridgehead atoms. The molecule has 0 aliphatic carbocycles. The van der Waals surface area contributed by atoms with Gasteiger partial charge in [-0.15, -0.1) is 11.8 Å². The minimum atomic E-state index is -0.112. The van der Waals surface area contributed by atoms with Gasteiger partial charge in [-0.1, -0.05) is 42.5 Å². The maximum absolute atomic E-state index is 12.7. The summed E-state index contributed by atoms with van der Waals surface area (Å²) in [5, 5.41) is 9.97. The highest BCUT2D eigenvalue weighted by molar-refractivity contribution is 7.98. The fourth-order valence-corrected chi connectivity index (χ4v) is 3.44. The van der Waals surface area contributed by atoms with E-state index in [-0.39, 0.29) is 5.91 Å². The molecule has 0 aliphatic heterocycles. The summed E-state index contributed by atoms with van der Waals surface area (Å²) in [6.07, 6.45) is 0. The molecule has 0 saturated heterocycles. The number of nitrogens with one attached hydrogen (secondary N) is 2. The molecule has 0 saturated carbocycles. The number of aromatic amines is 1. The van der Waals surface area contributed by atoms with Gasteiger partial charge in [-0.2, -0.15) is 5.10 Å². The smallest absolute Gasteiger partial charge is 0.256 e. The number of benzene rings is 2. The molecule has 122 valence electrons. The van der Waals surface area contributed by atoms with Crippen molar-refractivity contribution in [1.29, 1.82) is 0 Å². The number of aryl methyl sites for hydroxylation is 2. The molecule has 3 rings (SSSR count). The van der Waals surface area contributed by atoms with Gasteiger partial charge in [0, 0.05) is 10.6 Å². The monoisotopic (exact) mass is 337 g/mol. The van der Waals surface area contributed by atoms with Crippen LogP contribution in [0.1, 0.15) is 27.3 Å². The van der Waals surface area contributed by atoms with E-state index < -0.39 is 0 Å². The number of hydrogen-bond donors (Lipinski definition) is 2. The Hall–Kier alpha value is -2.53. The molecule has 0 atom stereocenters. The fourth-order valence-electron chi connectivity index (χ4n) is 2.43. The van der Waals surface area contributed by atoms with Crippen LogP contribution in [0.25, 0.3) is 0 Å². The van der Waals surface area contributed by atoms with Gasteiger partial charge in [0.2, 0.25) is 0 Å². The first kappa shape index (κ1) is 16.3. The van der Waals surface area contributed by atoms with E-state index in [0.717, 1.165) is 27.7 Å². The number of H-pyrrole nitrogens is 1. The minimum absolute atomic E-state index is 0.112. The van der Waals surface area contributed by atoms with Crippen molar-refractivity contribution in [2.24, 2.45) is 0 Å². The van der Waals surface area contributed by atoms with Crippen LogP contribution in [-0.2, 0) is 5.75 Å². The molecule has 0 spiro atoms. The number of nitrogens with zero attached hydrogens (tertiary/aromatic N) is 1. The summed E-state index contributed by atoms with van der Waals surface area (Å²) in [4.78, 5) is 13.7. The SMILES string of the molecule is Cc1n[nH]c(C)c1NC(=O)c1ccccc1SCc1ccccc1. The van der Waals surface area contributed by atoms with Crippen LogP contribution in [0.2, 0.25) is 0 Å². The summed E-state index contributed by atoms with van der Waals surface area (Å²) >= 11 is 1.67. The Labute approximate surface area is 145 Å². The van der Waals surface area contributed by atoms with E-state index in [1.165, 1.54) is 5.56 Å². The molecular weight excluding hydrogens is 318 g/mol. The Morgan fingerprint density at radius 3 is 2.50 bits per heavy atom. The van der Waals surface area contributed by atoms with Crippen LogP contribution in [0.15, 0.2) is 59.5 Å². The number of carbonyl (C=O) groups is 1. The van der Waals surface area contributed by atoms with Crippen LogP contribution >= 0.6 is 11.8 Å². The molecule has 1 heterocycles. The summed E-state index contributed by atoms with van der Waals surface area (Å²) in [6.45, 7) is 3.76. The van der Waals surface area contributed by atoms with Gasteiger partial charge in [0.05, 0.1) is 22.6 Å². The lowest BCUT2D eigenvalue weighted by atomic mass is 10.2. The first-order chi connectivity index (χ1) is 11.6.